The second-order valence-electron chi connectivity index (χ2n) is 4.61. The molecule has 0 atom stereocenters. The van der Waals surface area contributed by atoms with Crippen molar-refractivity contribution in [3.05, 3.63) is 68.7 Å². The molecule has 22 heavy (non-hydrogen) atoms. The summed E-state index contributed by atoms with van der Waals surface area (Å²) in [6.45, 7) is 0. The predicted octanol–water partition coefficient (Wildman–Crippen LogP) is 4.46. The van der Waals surface area contributed by atoms with Gasteiger partial charge in [-0.1, -0.05) is 28.1 Å². The zero-order chi connectivity index (χ0) is 15.5. The minimum Gasteiger partial charge on any atom is -0.361 e. The van der Waals surface area contributed by atoms with Crippen LogP contribution in [0, 0.1) is 0 Å². The summed E-state index contributed by atoms with van der Waals surface area (Å²) in [5.74, 6) is -0.259. The number of hydrogen-bond acceptors (Lipinski definition) is 2. The molecular weight excluding hydrogens is 410 g/mol. The molecule has 1 heterocycles. The molecule has 0 fully saturated rings. The van der Waals surface area contributed by atoms with Crippen molar-refractivity contribution in [2.24, 2.45) is 5.10 Å². The second kappa shape index (κ2) is 6.46. The molecule has 6 heteroatoms. The Kier molecular flexibility index (Phi) is 4.40. The molecule has 3 aromatic rings. The Hall–Kier alpha value is -1.92. The maximum atomic E-state index is 12.0. The van der Waals surface area contributed by atoms with Crippen LogP contribution in [-0.2, 0) is 0 Å². The van der Waals surface area contributed by atoms with Gasteiger partial charge in [-0.15, -0.1) is 0 Å². The van der Waals surface area contributed by atoms with Crippen LogP contribution in [0.15, 0.2) is 62.7 Å². The molecule has 0 aliphatic heterocycles. The Morgan fingerprint density at radius 3 is 2.82 bits per heavy atom. The van der Waals surface area contributed by atoms with Crippen LogP contribution >= 0.6 is 31.9 Å². The van der Waals surface area contributed by atoms with E-state index in [0.29, 0.717) is 5.56 Å². The number of fused-ring (bicyclic) bond motifs is 1. The van der Waals surface area contributed by atoms with Crippen LogP contribution in [0.25, 0.3) is 10.9 Å². The van der Waals surface area contributed by atoms with E-state index in [4.69, 9.17) is 0 Å². The summed E-state index contributed by atoms with van der Waals surface area (Å²) in [7, 11) is 0. The number of hydrazone groups is 1. The molecule has 0 aliphatic carbocycles. The van der Waals surface area contributed by atoms with Crippen LogP contribution in [0.2, 0.25) is 0 Å². The quantitative estimate of drug-likeness (QED) is 0.477. The zero-order valence-electron chi connectivity index (χ0n) is 11.3. The molecule has 2 aromatic carbocycles. The molecule has 1 aromatic heterocycles. The molecule has 0 bridgehead atoms. The Morgan fingerprint density at radius 2 is 2.00 bits per heavy atom. The van der Waals surface area contributed by atoms with Gasteiger partial charge in [0.25, 0.3) is 5.91 Å². The minimum atomic E-state index is -0.259. The number of rotatable bonds is 3. The third kappa shape index (κ3) is 3.13. The highest BCUT2D eigenvalue weighted by atomic mass is 79.9. The second-order valence-corrected chi connectivity index (χ2v) is 6.38. The van der Waals surface area contributed by atoms with Gasteiger partial charge in [0.1, 0.15) is 0 Å². The fraction of sp³-hybridized carbons (Fsp3) is 0. The van der Waals surface area contributed by atoms with Crippen molar-refractivity contribution in [2.45, 2.75) is 0 Å². The van der Waals surface area contributed by atoms with Crippen LogP contribution < -0.4 is 5.43 Å². The Labute approximate surface area is 143 Å². The Morgan fingerprint density at radius 1 is 1.18 bits per heavy atom. The van der Waals surface area contributed by atoms with Crippen LogP contribution in [-0.4, -0.2) is 17.1 Å². The summed E-state index contributed by atoms with van der Waals surface area (Å²) in [6, 6.07) is 13.2. The van der Waals surface area contributed by atoms with Crippen molar-refractivity contribution in [1.29, 1.82) is 0 Å². The first-order chi connectivity index (χ1) is 10.6. The van der Waals surface area contributed by atoms with Gasteiger partial charge in [0, 0.05) is 31.6 Å². The van der Waals surface area contributed by atoms with Gasteiger partial charge in [0.05, 0.1) is 11.8 Å². The molecule has 0 aliphatic rings. The van der Waals surface area contributed by atoms with E-state index in [-0.39, 0.29) is 5.91 Å². The van der Waals surface area contributed by atoms with E-state index >= 15 is 0 Å². The lowest BCUT2D eigenvalue weighted by Gasteiger charge is -2.01. The van der Waals surface area contributed by atoms with Crippen molar-refractivity contribution in [3.63, 3.8) is 0 Å². The molecule has 2 N–H and O–H groups in total. The number of halogens is 2. The lowest BCUT2D eigenvalue weighted by molar-refractivity contribution is 0.0954. The highest BCUT2D eigenvalue weighted by molar-refractivity contribution is 9.10. The van der Waals surface area contributed by atoms with Gasteiger partial charge in [0.2, 0.25) is 0 Å². The van der Waals surface area contributed by atoms with E-state index in [1.165, 1.54) is 0 Å². The number of aromatic nitrogens is 1. The number of carbonyl (C=O) groups is 1. The summed E-state index contributed by atoms with van der Waals surface area (Å²) >= 11 is 6.79. The molecule has 0 saturated carbocycles. The molecule has 0 saturated heterocycles. The number of benzene rings is 2. The maximum absolute atomic E-state index is 12.0. The van der Waals surface area contributed by atoms with Crippen LogP contribution in [0.1, 0.15) is 15.9 Å². The fourth-order valence-electron chi connectivity index (χ4n) is 2.09. The molecule has 3 rings (SSSR count). The molecule has 4 nitrogen and oxygen atoms in total. The summed E-state index contributed by atoms with van der Waals surface area (Å²) in [4.78, 5) is 15.2. The number of aromatic amines is 1. The Balaban J connectivity index is 1.78. The zero-order valence-corrected chi connectivity index (χ0v) is 14.5. The highest BCUT2D eigenvalue weighted by Gasteiger charge is 2.07. The van der Waals surface area contributed by atoms with Gasteiger partial charge in [0.15, 0.2) is 0 Å². The third-order valence-corrected chi connectivity index (χ3v) is 4.35. The fourth-order valence-corrected chi connectivity index (χ4v) is 2.91. The first-order valence-corrected chi connectivity index (χ1v) is 8.08. The predicted molar refractivity (Wildman–Crippen MR) is 95.2 cm³/mol. The SMILES string of the molecule is O=C(N/N=C/c1c[nH]c2ccc(Br)cc12)c1ccccc1Br. The molecule has 110 valence electrons. The van der Waals surface area contributed by atoms with E-state index in [1.54, 1.807) is 18.3 Å². The monoisotopic (exact) mass is 419 g/mol. The minimum absolute atomic E-state index is 0.259. The topological polar surface area (TPSA) is 57.2 Å². The van der Waals surface area contributed by atoms with Gasteiger partial charge in [-0.05, 0) is 46.3 Å². The van der Waals surface area contributed by atoms with Gasteiger partial charge in [-0.3, -0.25) is 4.79 Å². The normalized spacial score (nSPS) is 11.2. The standard InChI is InChI=1S/C16H11Br2N3O/c17-11-5-6-15-13(7-11)10(8-19-15)9-20-21-16(22)12-3-1-2-4-14(12)18/h1-9,19H,(H,21,22)/b20-9+. The van der Waals surface area contributed by atoms with Gasteiger partial charge < -0.3 is 4.98 Å². The number of amides is 1. The van der Waals surface area contributed by atoms with Crippen molar-refractivity contribution in [3.8, 4) is 0 Å². The van der Waals surface area contributed by atoms with Crippen molar-refractivity contribution < 1.29 is 4.79 Å². The lowest BCUT2D eigenvalue weighted by Crippen LogP contribution is -2.17. The number of H-pyrrole nitrogens is 1. The average Bonchev–Trinajstić information content (AvgIpc) is 2.90. The summed E-state index contributed by atoms with van der Waals surface area (Å²) in [5, 5.41) is 5.07. The number of carbonyl (C=O) groups excluding carboxylic acids is 1. The van der Waals surface area contributed by atoms with E-state index < -0.39 is 0 Å². The number of hydrogen-bond donors (Lipinski definition) is 2. The smallest absolute Gasteiger partial charge is 0.272 e. The largest absolute Gasteiger partial charge is 0.361 e. The number of nitrogens with zero attached hydrogens (tertiary/aromatic N) is 1. The molecule has 0 radical (unpaired) electrons. The van der Waals surface area contributed by atoms with E-state index in [2.05, 4.69) is 47.4 Å². The first-order valence-electron chi connectivity index (χ1n) is 6.50. The summed E-state index contributed by atoms with van der Waals surface area (Å²) < 4.78 is 1.73. The number of nitrogens with one attached hydrogen (secondary N) is 2. The van der Waals surface area contributed by atoms with Crippen molar-refractivity contribution >= 4 is 54.9 Å². The molecule has 1 amide bonds. The van der Waals surface area contributed by atoms with Crippen molar-refractivity contribution in [1.82, 2.24) is 10.4 Å². The van der Waals surface area contributed by atoms with E-state index in [9.17, 15) is 4.79 Å². The van der Waals surface area contributed by atoms with E-state index in [0.717, 1.165) is 25.4 Å². The summed E-state index contributed by atoms with van der Waals surface area (Å²) in [5.41, 5.74) is 5.00. The van der Waals surface area contributed by atoms with Crippen molar-refractivity contribution in [2.75, 3.05) is 0 Å². The van der Waals surface area contributed by atoms with Crippen LogP contribution in [0.3, 0.4) is 0 Å². The van der Waals surface area contributed by atoms with Gasteiger partial charge >= 0.3 is 0 Å². The average molecular weight is 421 g/mol. The first kappa shape index (κ1) is 15.0. The van der Waals surface area contributed by atoms with Crippen LogP contribution in [0.4, 0.5) is 0 Å². The lowest BCUT2D eigenvalue weighted by atomic mass is 10.2. The highest BCUT2D eigenvalue weighted by Crippen LogP contribution is 2.21. The summed E-state index contributed by atoms with van der Waals surface area (Å²) in [6.07, 6.45) is 3.48. The van der Waals surface area contributed by atoms with Gasteiger partial charge in [-0.2, -0.15) is 5.10 Å². The molecule has 0 spiro atoms. The maximum Gasteiger partial charge on any atom is 0.272 e. The van der Waals surface area contributed by atoms with E-state index in [1.807, 2.05) is 36.5 Å². The van der Waals surface area contributed by atoms with Gasteiger partial charge in [-0.25, -0.2) is 5.43 Å². The molecule has 0 unspecified atom stereocenters. The Bertz CT molecular complexity index is 871. The van der Waals surface area contributed by atoms with Crippen LogP contribution in [0.5, 0.6) is 0 Å². The molecular formula is C16H11Br2N3O. The third-order valence-electron chi connectivity index (χ3n) is 3.16.